The molecule has 0 saturated heterocycles. The summed E-state index contributed by atoms with van der Waals surface area (Å²) in [5.74, 6) is 0.722. The van der Waals surface area contributed by atoms with Crippen molar-refractivity contribution < 1.29 is 9.53 Å². The predicted molar refractivity (Wildman–Crippen MR) is 89.3 cm³/mol. The van der Waals surface area contributed by atoms with E-state index >= 15 is 0 Å². The molecular formula is C19H23NO2. The lowest BCUT2D eigenvalue weighted by atomic mass is 10.1. The van der Waals surface area contributed by atoms with Crippen LogP contribution in [0.1, 0.15) is 47.8 Å². The molecule has 2 aromatic rings. The van der Waals surface area contributed by atoms with Crippen LogP contribution in [0.5, 0.6) is 5.75 Å². The first kappa shape index (κ1) is 16.1. The third-order valence-electron chi connectivity index (χ3n) is 3.51. The van der Waals surface area contributed by atoms with Gasteiger partial charge in [0.2, 0.25) is 0 Å². The van der Waals surface area contributed by atoms with Gasteiger partial charge < -0.3 is 10.1 Å². The highest BCUT2D eigenvalue weighted by Gasteiger charge is 2.11. The van der Waals surface area contributed by atoms with Crippen LogP contribution in [0, 0.1) is 6.92 Å². The Morgan fingerprint density at radius 2 is 1.73 bits per heavy atom. The van der Waals surface area contributed by atoms with E-state index < -0.39 is 0 Å². The zero-order valence-corrected chi connectivity index (χ0v) is 13.4. The molecule has 2 aromatic carbocycles. The molecule has 0 fully saturated rings. The first-order chi connectivity index (χ1) is 10.6. The molecule has 1 atom stereocenters. The van der Waals surface area contributed by atoms with Crippen LogP contribution in [0.3, 0.4) is 0 Å². The fourth-order valence-corrected chi connectivity index (χ4v) is 2.14. The molecule has 0 unspecified atom stereocenters. The summed E-state index contributed by atoms with van der Waals surface area (Å²) in [7, 11) is 0. The highest BCUT2D eigenvalue weighted by atomic mass is 16.5. The maximum atomic E-state index is 12.3. The van der Waals surface area contributed by atoms with Gasteiger partial charge in [0, 0.05) is 5.56 Å². The summed E-state index contributed by atoms with van der Waals surface area (Å²) in [5.41, 5.74) is 2.95. The zero-order chi connectivity index (χ0) is 15.9. The molecule has 0 aliphatic carbocycles. The average Bonchev–Trinajstić information content (AvgIpc) is 2.54. The van der Waals surface area contributed by atoms with Crippen molar-refractivity contribution in [2.75, 3.05) is 6.61 Å². The standard InChI is InChI=1S/C19H23NO2/c1-4-13-22-18-11-9-17(10-12-18)19(21)20-15(3)16-7-5-14(2)6-8-16/h5-12,15H,4,13H2,1-3H3,(H,20,21)/t15-/m0/s1. The van der Waals surface area contributed by atoms with Crippen LogP contribution in [0.25, 0.3) is 0 Å². The molecule has 0 aliphatic heterocycles. The molecule has 0 bridgehead atoms. The van der Waals surface area contributed by atoms with Crippen molar-refractivity contribution in [1.82, 2.24) is 5.32 Å². The molecule has 0 aromatic heterocycles. The molecule has 0 heterocycles. The lowest BCUT2D eigenvalue weighted by Gasteiger charge is -2.15. The van der Waals surface area contributed by atoms with E-state index in [2.05, 4.69) is 31.3 Å². The molecule has 22 heavy (non-hydrogen) atoms. The average molecular weight is 297 g/mol. The number of aryl methyl sites for hydroxylation is 1. The van der Waals surface area contributed by atoms with E-state index in [1.54, 1.807) is 12.1 Å². The first-order valence-electron chi connectivity index (χ1n) is 7.70. The van der Waals surface area contributed by atoms with Crippen LogP contribution in [0.2, 0.25) is 0 Å². The molecule has 116 valence electrons. The molecular weight excluding hydrogens is 274 g/mol. The lowest BCUT2D eigenvalue weighted by Crippen LogP contribution is -2.26. The Labute approximate surface area is 132 Å². The van der Waals surface area contributed by atoms with Gasteiger partial charge in [-0.3, -0.25) is 4.79 Å². The van der Waals surface area contributed by atoms with Gasteiger partial charge >= 0.3 is 0 Å². The maximum absolute atomic E-state index is 12.3. The largest absolute Gasteiger partial charge is 0.494 e. The van der Waals surface area contributed by atoms with E-state index in [1.165, 1.54) is 5.56 Å². The molecule has 0 spiro atoms. The van der Waals surface area contributed by atoms with Gasteiger partial charge in [0.15, 0.2) is 0 Å². The summed E-state index contributed by atoms with van der Waals surface area (Å²) in [6, 6.07) is 15.4. The molecule has 3 heteroatoms. The molecule has 0 saturated carbocycles. The molecule has 2 rings (SSSR count). The second-order valence-electron chi connectivity index (χ2n) is 5.48. The highest BCUT2D eigenvalue weighted by molar-refractivity contribution is 5.94. The number of carbonyl (C=O) groups is 1. The van der Waals surface area contributed by atoms with Crippen molar-refractivity contribution in [2.24, 2.45) is 0 Å². The number of carbonyl (C=O) groups excluding carboxylic acids is 1. The van der Waals surface area contributed by atoms with Crippen LogP contribution in [-0.2, 0) is 0 Å². The smallest absolute Gasteiger partial charge is 0.251 e. The lowest BCUT2D eigenvalue weighted by molar-refractivity contribution is 0.0940. The summed E-state index contributed by atoms with van der Waals surface area (Å²) < 4.78 is 5.52. The van der Waals surface area contributed by atoms with Gasteiger partial charge in [-0.25, -0.2) is 0 Å². The highest BCUT2D eigenvalue weighted by Crippen LogP contribution is 2.16. The fraction of sp³-hybridized carbons (Fsp3) is 0.316. The number of hydrogen-bond acceptors (Lipinski definition) is 2. The second kappa shape index (κ2) is 7.64. The van der Waals surface area contributed by atoms with E-state index in [0.29, 0.717) is 12.2 Å². The van der Waals surface area contributed by atoms with Crippen LogP contribution >= 0.6 is 0 Å². The number of benzene rings is 2. The summed E-state index contributed by atoms with van der Waals surface area (Å²) >= 11 is 0. The van der Waals surface area contributed by atoms with E-state index in [-0.39, 0.29) is 11.9 Å². The Morgan fingerprint density at radius 1 is 1.09 bits per heavy atom. The third-order valence-corrected chi connectivity index (χ3v) is 3.51. The Kier molecular flexibility index (Phi) is 5.59. The van der Waals surface area contributed by atoms with E-state index in [0.717, 1.165) is 17.7 Å². The Balaban J connectivity index is 1.97. The summed E-state index contributed by atoms with van der Waals surface area (Å²) in [5, 5.41) is 3.01. The molecule has 0 aliphatic rings. The number of nitrogens with one attached hydrogen (secondary N) is 1. The van der Waals surface area contributed by atoms with Crippen molar-refractivity contribution in [1.29, 1.82) is 0 Å². The van der Waals surface area contributed by atoms with Gasteiger partial charge in [0.1, 0.15) is 5.75 Å². The summed E-state index contributed by atoms with van der Waals surface area (Å²) in [6.45, 7) is 6.79. The Morgan fingerprint density at radius 3 is 2.32 bits per heavy atom. The topological polar surface area (TPSA) is 38.3 Å². The van der Waals surface area contributed by atoms with Crippen molar-refractivity contribution in [2.45, 2.75) is 33.2 Å². The third kappa shape index (κ3) is 4.35. The van der Waals surface area contributed by atoms with Gasteiger partial charge in [-0.2, -0.15) is 0 Å². The summed E-state index contributed by atoms with van der Waals surface area (Å²) in [6.07, 6.45) is 0.969. The molecule has 3 nitrogen and oxygen atoms in total. The number of ether oxygens (including phenoxy) is 1. The van der Waals surface area contributed by atoms with Crippen LogP contribution in [0.15, 0.2) is 48.5 Å². The summed E-state index contributed by atoms with van der Waals surface area (Å²) in [4.78, 5) is 12.3. The zero-order valence-electron chi connectivity index (χ0n) is 13.4. The molecule has 1 N–H and O–H groups in total. The minimum absolute atomic E-state index is 0.0240. The van der Waals surface area contributed by atoms with Crippen LogP contribution < -0.4 is 10.1 Å². The second-order valence-corrected chi connectivity index (χ2v) is 5.48. The number of amides is 1. The van der Waals surface area contributed by atoms with Gasteiger partial charge in [0.05, 0.1) is 12.6 Å². The van der Waals surface area contributed by atoms with Gasteiger partial charge in [0.25, 0.3) is 5.91 Å². The Hall–Kier alpha value is -2.29. The van der Waals surface area contributed by atoms with Crippen molar-refractivity contribution in [3.63, 3.8) is 0 Å². The SMILES string of the molecule is CCCOc1ccc(C(=O)N[C@@H](C)c2ccc(C)cc2)cc1. The Bertz CT molecular complexity index is 602. The van der Waals surface area contributed by atoms with Crippen LogP contribution in [-0.4, -0.2) is 12.5 Å². The number of hydrogen-bond donors (Lipinski definition) is 1. The van der Waals surface area contributed by atoms with Gasteiger partial charge in [-0.15, -0.1) is 0 Å². The molecule has 1 amide bonds. The van der Waals surface area contributed by atoms with Crippen molar-refractivity contribution in [3.8, 4) is 5.75 Å². The van der Waals surface area contributed by atoms with E-state index in [4.69, 9.17) is 4.74 Å². The minimum Gasteiger partial charge on any atom is -0.494 e. The van der Waals surface area contributed by atoms with E-state index in [1.807, 2.05) is 31.2 Å². The van der Waals surface area contributed by atoms with Gasteiger partial charge in [-0.1, -0.05) is 36.8 Å². The van der Waals surface area contributed by atoms with Crippen LogP contribution in [0.4, 0.5) is 0 Å². The van der Waals surface area contributed by atoms with E-state index in [9.17, 15) is 4.79 Å². The fourth-order valence-electron chi connectivity index (χ4n) is 2.14. The monoisotopic (exact) mass is 297 g/mol. The first-order valence-corrected chi connectivity index (χ1v) is 7.70. The van der Waals surface area contributed by atoms with Gasteiger partial charge in [-0.05, 0) is 50.1 Å². The van der Waals surface area contributed by atoms with Crippen molar-refractivity contribution in [3.05, 3.63) is 65.2 Å². The minimum atomic E-state index is -0.0740. The molecule has 0 radical (unpaired) electrons. The number of rotatable bonds is 6. The quantitative estimate of drug-likeness (QED) is 0.864. The maximum Gasteiger partial charge on any atom is 0.251 e. The normalized spacial score (nSPS) is 11.8. The van der Waals surface area contributed by atoms with Crippen molar-refractivity contribution >= 4 is 5.91 Å². The predicted octanol–water partition coefficient (Wildman–Crippen LogP) is 4.27.